The van der Waals surface area contributed by atoms with E-state index in [1.54, 1.807) is 0 Å². The molecule has 0 aromatic carbocycles. The summed E-state index contributed by atoms with van der Waals surface area (Å²) in [5.41, 5.74) is -0.711. The molecule has 4 heteroatoms. The number of rotatable bonds is 1. The lowest BCUT2D eigenvalue weighted by Crippen LogP contribution is -2.52. The highest BCUT2D eigenvalue weighted by Gasteiger charge is 2.58. The molecule has 4 nitrogen and oxygen atoms in total. The van der Waals surface area contributed by atoms with Crippen LogP contribution in [-0.4, -0.2) is 37.4 Å². The summed E-state index contributed by atoms with van der Waals surface area (Å²) in [7, 11) is 1.41. The van der Waals surface area contributed by atoms with Crippen molar-refractivity contribution in [3.05, 3.63) is 0 Å². The van der Waals surface area contributed by atoms with Crippen LogP contribution < -0.4 is 5.32 Å². The van der Waals surface area contributed by atoms with E-state index in [4.69, 9.17) is 9.47 Å². The quantitative estimate of drug-likeness (QED) is 0.549. The van der Waals surface area contributed by atoms with E-state index in [0.717, 1.165) is 13.0 Å². The van der Waals surface area contributed by atoms with Gasteiger partial charge in [0.15, 0.2) is 0 Å². The van der Waals surface area contributed by atoms with E-state index in [9.17, 15) is 4.79 Å². The zero-order valence-electron chi connectivity index (χ0n) is 7.35. The van der Waals surface area contributed by atoms with Gasteiger partial charge in [0.25, 0.3) is 0 Å². The maximum atomic E-state index is 11.4. The Morgan fingerprint density at radius 3 is 2.75 bits per heavy atom. The predicted octanol–water partition coefficient (Wildman–Crippen LogP) is -0.320. The van der Waals surface area contributed by atoms with E-state index in [2.05, 4.69) is 5.32 Å². The normalized spacial score (nSPS) is 44.8. The number of nitrogens with one attached hydrogen (secondary N) is 1. The molecule has 2 bridgehead atoms. The summed E-state index contributed by atoms with van der Waals surface area (Å²) in [4.78, 5) is 11.4. The average Bonchev–Trinajstić information content (AvgIpc) is 2.57. The van der Waals surface area contributed by atoms with Gasteiger partial charge >= 0.3 is 5.97 Å². The molecule has 0 radical (unpaired) electrons. The molecule has 0 saturated carbocycles. The third kappa shape index (κ3) is 0.881. The van der Waals surface area contributed by atoms with E-state index >= 15 is 0 Å². The Bertz CT molecular complexity index is 218. The van der Waals surface area contributed by atoms with Crippen molar-refractivity contribution in [3.63, 3.8) is 0 Å². The highest BCUT2D eigenvalue weighted by molar-refractivity contribution is 5.82. The lowest BCUT2D eigenvalue weighted by molar-refractivity contribution is -0.149. The van der Waals surface area contributed by atoms with Crippen molar-refractivity contribution in [2.45, 2.75) is 24.5 Å². The minimum atomic E-state index is -0.552. The third-order valence-electron chi connectivity index (χ3n) is 2.72. The molecular formula is C8H13NO3. The van der Waals surface area contributed by atoms with Gasteiger partial charge in [0.1, 0.15) is 5.54 Å². The molecule has 2 rings (SSSR count). The molecule has 0 amide bonds. The average molecular weight is 171 g/mol. The fourth-order valence-electron chi connectivity index (χ4n) is 2.02. The first-order valence-electron chi connectivity index (χ1n) is 4.08. The van der Waals surface area contributed by atoms with Crippen molar-refractivity contribution in [3.8, 4) is 0 Å². The fraction of sp³-hybridized carbons (Fsp3) is 0.875. The zero-order chi connectivity index (χ0) is 8.82. The summed E-state index contributed by atoms with van der Waals surface area (Å²) in [6.45, 7) is 3.19. The Morgan fingerprint density at radius 2 is 2.42 bits per heavy atom. The third-order valence-corrected chi connectivity index (χ3v) is 2.72. The first kappa shape index (κ1) is 8.01. The van der Waals surface area contributed by atoms with Crippen molar-refractivity contribution in [2.24, 2.45) is 0 Å². The lowest BCUT2D eigenvalue weighted by atomic mass is 9.96. The Hall–Kier alpha value is -0.610. The second kappa shape index (κ2) is 2.20. The van der Waals surface area contributed by atoms with Gasteiger partial charge in [-0.25, -0.2) is 4.79 Å². The SMILES string of the molecule is COC(=O)C12COC(C)(CN1)C2. The van der Waals surface area contributed by atoms with Gasteiger partial charge in [-0.3, -0.25) is 5.32 Å². The fourth-order valence-corrected chi connectivity index (χ4v) is 2.02. The van der Waals surface area contributed by atoms with Crippen LogP contribution in [0.1, 0.15) is 13.3 Å². The molecule has 0 aromatic rings. The van der Waals surface area contributed by atoms with Gasteiger partial charge in [-0.1, -0.05) is 0 Å². The summed E-state index contributed by atoms with van der Waals surface area (Å²) in [5.74, 6) is -0.205. The molecule has 2 aliphatic rings. The standard InChI is InChI=1S/C8H13NO3/c1-7-3-8(5-12-7,9-4-7)6(10)11-2/h9H,3-5H2,1-2H3. The smallest absolute Gasteiger partial charge is 0.328 e. The number of carbonyl (C=O) groups is 1. The molecule has 2 heterocycles. The van der Waals surface area contributed by atoms with Crippen molar-refractivity contribution >= 4 is 5.97 Å². The van der Waals surface area contributed by atoms with Crippen LogP contribution in [0.5, 0.6) is 0 Å². The van der Waals surface area contributed by atoms with Gasteiger partial charge < -0.3 is 9.47 Å². The molecule has 2 saturated heterocycles. The zero-order valence-corrected chi connectivity index (χ0v) is 7.35. The Balaban J connectivity index is 2.20. The number of hydrogen-bond donors (Lipinski definition) is 1. The van der Waals surface area contributed by atoms with Gasteiger partial charge in [0.05, 0.1) is 19.3 Å². The summed E-state index contributed by atoms with van der Waals surface area (Å²) in [6, 6.07) is 0. The second-order valence-corrected chi connectivity index (χ2v) is 3.84. The van der Waals surface area contributed by atoms with Crippen molar-refractivity contribution in [1.29, 1.82) is 0 Å². The Labute approximate surface area is 71.2 Å². The second-order valence-electron chi connectivity index (χ2n) is 3.84. The topological polar surface area (TPSA) is 47.6 Å². The molecule has 0 aliphatic carbocycles. The number of fused-ring (bicyclic) bond motifs is 2. The largest absolute Gasteiger partial charge is 0.468 e. The molecular weight excluding hydrogens is 158 g/mol. The van der Waals surface area contributed by atoms with Gasteiger partial charge in [0.2, 0.25) is 0 Å². The summed E-state index contributed by atoms with van der Waals surface area (Å²) in [5, 5.41) is 3.16. The van der Waals surface area contributed by atoms with Crippen molar-refractivity contribution < 1.29 is 14.3 Å². The van der Waals surface area contributed by atoms with Gasteiger partial charge in [-0.15, -0.1) is 0 Å². The van der Waals surface area contributed by atoms with Crippen LogP contribution in [0.2, 0.25) is 0 Å². The predicted molar refractivity (Wildman–Crippen MR) is 41.7 cm³/mol. The summed E-state index contributed by atoms with van der Waals surface area (Å²) >= 11 is 0. The monoisotopic (exact) mass is 171 g/mol. The Morgan fingerprint density at radius 1 is 1.67 bits per heavy atom. The summed E-state index contributed by atoms with van der Waals surface area (Å²) in [6.07, 6.45) is 0.729. The van der Waals surface area contributed by atoms with E-state index < -0.39 is 5.54 Å². The number of morpholine rings is 1. The van der Waals surface area contributed by atoms with Crippen LogP contribution in [0.4, 0.5) is 0 Å². The molecule has 1 N–H and O–H groups in total. The van der Waals surface area contributed by atoms with Crippen LogP contribution in [0.25, 0.3) is 0 Å². The van der Waals surface area contributed by atoms with Crippen molar-refractivity contribution in [1.82, 2.24) is 5.32 Å². The summed E-state index contributed by atoms with van der Waals surface area (Å²) < 4.78 is 10.2. The first-order chi connectivity index (χ1) is 5.60. The molecule has 0 aromatic heterocycles. The Kier molecular flexibility index (Phi) is 1.47. The van der Waals surface area contributed by atoms with E-state index in [1.807, 2.05) is 6.92 Å². The molecule has 68 valence electrons. The number of methoxy groups -OCH3 is 1. The molecule has 2 fully saturated rings. The van der Waals surface area contributed by atoms with Crippen LogP contribution >= 0.6 is 0 Å². The maximum Gasteiger partial charge on any atom is 0.328 e. The van der Waals surface area contributed by atoms with Gasteiger partial charge in [-0.2, -0.15) is 0 Å². The van der Waals surface area contributed by atoms with Crippen LogP contribution in [0.3, 0.4) is 0 Å². The van der Waals surface area contributed by atoms with Gasteiger partial charge in [-0.05, 0) is 6.92 Å². The first-order valence-corrected chi connectivity index (χ1v) is 4.08. The van der Waals surface area contributed by atoms with Crippen LogP contribution in [0.15, 0.2) is 0 Å². The number of esters is 1. The van der Waals surface area contributed by atoms with Gasteiger partial charge in [0, 0.05) is 13.0 Å². The maximum absolute atomic E-state index is 11.4. The number of ether oxygens (including phenoxy) is 2. The molecule has 2 unspecified atom stereocenters. The molecule has 0 spiro atoms. The van der Waals surface area contributed by atoms with Crippen molar-refractivity contribution in [2.75, 3.05) is 20.3 Å². The lowest BCUT2D eigenvalue weighted by Gasteiger charge is -2.25. The number of hydrogen-bond acceptors (Lipinski definition) is 4. The van der Waals surface area contributed by atoms with E-state index in [1.165, 1.54) is 7.11 Å². The van der Waals surface area contributed by atoms with E-state index in [0.29, 0.717) is 6.61 Å². The molecule has 2 atom stereocenters. The number of carbonyl (C=O) groups excluding carboxylic acids is 1. The van der Waals surface area contributed by atoms with E-state index in [-0.39, 0.29) is 11.6 Å². The highest BCUT2D eigenvalue weighted by atomic mass is 16.5. The van der Waals surface area contributed by atoms with Crippen LogP contribution in [0, 0.1) is 0 Å². The molecule has 12 heavy (non-hydrogen) atoms. The van der Waals surface area contributed by atoms with Crippen LogP contribution in [-0.2, 0) is 14.3 Å². The minimum absolute atomic E-state index is 0.159. The minimum Gasteiger partial charge on any atom is -0.468 e. The highest BCUT2D eigenvalue weighted by Crippen LogP contribution is 2.38. The molecule has 2 aliphatic heterocycles.